The number of nitrogens with zero attached hydrogens (tertiary/aromatic N) is 5. The van der Waals surface area contributed by atoms with Crippen molar-refractivity contribution >= 4 is 17.5 Å². The van der Waals surface area contributed by atoms with E-state index in [1.54, 1.807) is 0 Å². The third-order valence-corrected chi connectivity index (χ3v) is 5.82. The fraction of sp³-hybridized carbons (Fsp3) is 0.556. The maximum absolute atomic E-state index is 14.1. The van der Waals surface area contributed by atoms with Crippen LogP contribution in [0.5, 0.6) is 0 Å². The molecule has 1 amide bonds. The fourth-order valence-electron chi connectivity index (χ4n) is 4.08. The molecular weight excluding hydrogens is 468 g/mol. The summed E-state index contributed by atoms with van der Waals surface area (Å²) in [6, 6.07) is -1.12. The Morgan fingerprint density at radius 2 is 2.03 bits per heavy atom. The number of halogens is 7. The Labute approximate surface area is 181 Å². The minimum absolute atomic E-state index is 0.00354. The van der Waals surface area contributed by atoms with Crippen LogP contribution in [0.15, 0.2) is 17.1 Å². The molecule has 1 saturated heterocycles. The van der Waals surface area contributed by atoms with Crippen LogP contribution in [-0.2, 0) is 17.8 Å². The standard InChI is InChI=1S/C18H16ClF6N5O2/c19-9-5-11(20)12(26-6-9)7-29-16(32)30-13(27-29)2-1-10(18(23,24)25)14(30)15(31)28-4-3-17(21,22)8-28/h5-6,10,14H,1-4,7-8H2/t10-,14-/m1/s1. The van der Waals surface area contributed by atoms with Crippen LogP contribution in [0.2, 0.25) is 5.02 Å². The predicted octanol–water partition coefficient (Wildman–Crippen LogP) is 2.81. The first-order chi connectivity index (χ1) is 14.9. The second-order valence-electron chi connectivity index (χ2n) is 7.81. The van der Waals surface area contributed by atoms with Gasteiger partial charge in [0, 0.05) is 25.6 Å². The lowest BCUT2D eigenvalue weighted by Gasteiger charge is -2.34. The highest BCUT2D eigenvalue weighted by atomic mass is 35.5. The van der Waals surface area contributed by atoms with Crippen molar-refractivity contribution in [3.8, 4) is 0 Å². The molecule has 0 aromatic carbocycles. The van der Waals surface area contributed by atoms with Gasteiger partial charge in [-0.15, -0.1) is 0 Å². The van der Waals surface area contributed by atoms with Crippen LogP contribution in [-0.4, -0.2) is 55.3 Å². The second-order valence-corrected chi connectivity index (χ2v) is 8.24. The number of hydrogen-bond donors (Lipinski definition) is 0. The molecule has 32 heavy (non-hydrogen) atoms. The lowest BCUT2D eigenvalue weighted by atomic mass is 9.89. The third kappa shape index (κ3) is 4.09. The number of fused-ring (bicyclic) bond motifs is 1. The topological polar surface area (TPSA) is 73.0 Å². The molecule has 4 heterocycles. The highest BCUT2D eigenvalue weighted by Crippen LogP contribution is 2.42. The highest BCUT2D eigenvalue weighted by molar-refractivity contribution is 6.30. The van der Waals surface area contributed by atoms with Crippen LogP contribution in [0, 0.1) is 11.7 Å². The van der Waals surface area contributed by atoms with Gasteiger partial charge < -0.3 is 4.90 Å². The molecule has 0 aliphatic carbocycles. The van der Waals surface area contributed by atoms with E-state index in [4.69, 9.17) is 11.6 Å². The van der Waals surface area contributed by atoms with E-state index in [9.17, 15) is 35.9 Å². The van der Waals surface area contributed by atoms with E-state index >= 15 is 0 Å². The Bertz CT molecular complexity index is 1110. The molecule has 1 fully saturated rings. The lowest BCUT2D eigenvalue weighted by Crippen LogP contribution is -2.49. The Morgan fingerprint density at radius 3 is 2.62 bits per heavy atom. The zero-order chi connectivity index (χ0) is 23.4. The second kappa shape index (κ2) is 7.78. The van der Waals surface area contributed by atoms with Gasteiger partial charge in [0.25, 0.3) is 5.92 Å². The van der Waals surface area contributed by atoms with Gasteiger partial charge in [0.15, 0.2) is 0 Å². The smallest absolute Gasteiger partial charge is 0.335 e. The van der Waals surface area contributed by atoms with E-state index in [0.717, 1.165) is 12.3 Å². The van der Waals surface area contributed by atoms with Crippen molar-refractivity contribution in [2.24, 2.45) is 5.92 Å². The first kappa shape index (κ1) is 22.6. The van der Waals surface area contributed by atoms with Gasteiger partial charge >= 0.3 is 11.9 Å². The molecule has 14 heteroatoms. The Balaban J connectivity index is 1.74. The zero-order valence-corrected chi connectivity index (χ0v) is 17.0. The molecule has 4 rings (SSSR count). The van der Waals surface area contributed by atoms with Crippen LogP contribution in [0.3, 0.4) is 0 Å². The molecule has 0 saturated carbocycles. The van der Waals surface area contributed by atoms with Crippen LogP contribution in [0.1, 0.15) is 30.4 Å². The third-order valence-electron chi connectivity index (χ3n) is 5.62. The van der Waals surface area contributed by atoms with E-state index in [-0.39, 0.29) is 23.0 Å². The molecule has 0 radical (unpaired) electrons. The van der Waals surface area contributed by atoms with Gasteiger partial charge in [-0.1, -0.05) is 11.6 Å². The summed E-state index contributed by atoms with van der Waals surface area (Å²) in [4.78, 5) is 30.2. The number of hydrogen-bond acceptors (Lipinski definition) is 4. The van der Waals surface area contributed by atoms with Crippen molar-refractivity contribution in [2.45, 2.75) is 43.9 Å². The molecule has 2 aromatic heterocycles. The number of amides is 1. The first-order valence-corrected chi connectivity index (χ1v) is 9.96. The molecule has 174 valence electrons. The van der Waals surface area contributed by atoms with Crippen LogP contribution >= 0.6 is 11.6 Å². The lowest BCUT2D eigenvalue weighted by molar-refractivity contribution is -0.196. The first-order valence-electron chi connectivity index (χ1n) is 9.59. The number of pyridine rings is 1. The summed E-state index contributed by atoms with van der Waals surface area (Å²) in [6.45, 7) is -1.96. The summed E-state index contributed by atoms with van der Waals surface area (Å²) >= 11 is 5.64. The quantitative estimate of drug-likeness (QED) is 0.629. The van der Waals surface area contributed by atoms with Crippen LogP contribution in [0.4, 0.5) is 26.3 Å². The maximum atomic E-state index is 14.1. The van der Waals surface area contributed by atoms with Gasteiger partial charge in [0.05, 0.1) is 29.7 Å². The molecule has 2 atom stereocenters. The van der Waals surface area contributed by atoms with Crippen molar-refractivity contribution in [2.75, 3.05) is 13.1 Å². The molecule has 7 nitrogen and oxygen atoms in total. The average Bonchev–Trinajstić information content (AvgIpc) is 3.21. The van der Waals surface area contributed by atoms with E-state index < -0.39 is 73.9 Å². The van der Waals surface area contributed by atoms with Gasteiger partial charge in [-0.05, 0) is 12.5 Å². The largest absolute Gasteiger partial charge is 0.394 e. The number of alkyl halides is 5. The van der Waals surface area contributed by atoms with Crippen LogP contribution < -0.4 is 5.69 Å². The van der Waals surface area contributed by atoms with E-state index in [0.29, 0.717) is 14.1 Å². The Kier molecular flexibility index (Phi) is 5.50. The van der Waals surface area contributed by atoms with E-state index in [1.807, 2.05) is 0 Å². The van der Waals surface area contributed by atoms with Gasteiger partial charge in [-0.2, -0.15) is 18.3 Å². The Morgan fingerprint density at radius 1 is 1.31 bits per heavy atom. The van der Waals surface area contributed by atoms with Gasteiger partial charge in [0.2, 0.25) is 5.91 Å². The van der Waals surface area contributed by atoms with Crippen molar-refractivity contribution in [3.63, 3.8) is 0 Å². The Hall–Kier alpha value is -2.57. The number of rotatable bonds is 3. The number of aromatic nitrogens is 4. The summed E-state index contributed by atoms with van der Waals surface area (Å²) in [5, 5.41) is 3.96. The monoisotopic (exact) mass is 483 g/mol. The molecule has 0 bridgehead atoms. The minimum atomic E-state index is -4.86. The summed E-state index contributed by atoms with van der Waals surface area (Å²) < 4.78 is 83.7. The number of likely N-dealkylation sites (tertiary alicyclic amines) is 1. The van der Waals surface area contributed by atoms with Crippen molar-refractivity contribution in [3.05, 3.63) is 45.1 Å². The van der Waals surface area contributed by atoms with Gasteiger partial charge in [-0.25, -0.2) is 22.6 Å². The minimum Gasteiger partial charge on any atom is -0.335 e. The summed E-state index contributed by atoms with van der Waals surface area (Å²) in [5.41, 5.74) is -1.32. The normalized spacial score (nSPS) is 22.8. The number of aryl methyl sites for hydroxylation is 1. The predicted molar refractivity (Wildman–Crippen MR) is 97.8 cm³/mol. The summed E-state index contributed by atoms with van der Waals surface area (Å²) in [6.07, 6.45) is -5.23. The molecule has 0 spiro atoms. The van der Waals surface area contributed by atoms with E-state index in [2.05, 4.69) is 10.1 Å². The average molecular weight is 484 g/mol. The summed E-state index contributed by atoms with van der Waals surface area (Å²) in [7, 11) is 0. The number of carbonyl (C=O) groups is 1. The SMILES string of the molecule is O=C([C@H]1[C@H](C(F)(F)F)CCc2nn(Cc3ncc(Cl)cc3F)c(=O)n21)N1CCC(F)(F)C1. The highest BCUT2D eigenvalue weighted by Gasteiger charge is 2.54. The van der Waals surface area contributed by atoms with Crippen molar-refractivity contribution in [1.29, 1.82) is 0 Å². The molecule has 2 aromatic rings. The molecule has 2 aliphatic rings. The zero-order valence-electron chi connectivity index (χ0n) is 16.3. The fourth-order valence-corrected chi connectivity index (χ4v) is 4.22. The van der Waals surface area contributed by atoms with Crippen molar-refractivity contribution < 1.29 is 31.1 Å². The molecule has 0 unspecified atom stereocenters. The molecular formula is C18H16ClF6N5O2. The number of carbonyl (C=O) groups excluding carboxylic acids is 1. The van der Waals surface area contributed by atoms with Crippen molar-refractivity contribution in [1.82, 2.24) is 24.2 Å². The van der Waals surface area contributed by atoms with E-state index in [1.165, 1.54) is 0 Å². The van der Waals surface area contributed by atoms with Gasteiger partial charge in [-0.3, -0.25) is 14.3 Å². The van der Waals surface area contributed by atoms with Crippen LogP contribution in [0.25, 0.3) is 0 Å². The summed E-state index contributed by atoms with van der Waals surface area (Å²) in [5.74, 6) is -7.65. The van der Waals surface area contributed by atoms with Gasteiger partial charge in [0.1, 0.15) is 17.7 Å². The molecule has 0 N–H and O–H groups in total. The maximum Gasteiger partial charge on any atom is 0.394 e. The molecule has 2 aliphatic heterocycles.